The maximum absolute atomic E-state index is 12.1. The largest absolute Gasteiger partial charge is 0.378 e. The van der Waals surface area contributed by atoms with Gasteiger partial charge in [-0.15, -0.1) is 12.6 Å². The molecule has 104 valence electrons. The molecule has 1 amide bonds. The molecule has 1 saturated carbocycles. The predicted octanol–water partition coefficient (Wildman–Crippen LogP) is 2.91. The quantitative estimate of drug-likeness (QED) is 0.832. The topological polar surface area (TPSA) is 38.3 Å². The Labute approximate surface area is 120 Å². The Kier molecular flexibility index (Phi) is 4.21. The first-order chi connectivity index (χ1) is 8.95. The molecule has 0 aliphatic heterocycles. The summed E-state index contributed by atoms with van der Waals surface area (Å²) >= 11 is 4.21. The van der Waals surface area contributed by atoms with Gasteiger partial charge in [0.05, 0.1) is 6.10 Å². The first-order valence-corrected chi connectivity index (χ1v) is 7.11. The molecule has 0 aromatic heterocycles. The number of nitrogens with one attached hydrogen (secondary N) is 1. The second kappa shape index (κ2) is 5.55. The number of thiol groups is 1. The molecule has 0 spiro atoms. The van der Waals surface area contributed by atoms with Crippen molar-refractivity contribution in [1.82, 2.24) is 5.32 Å². The summed E-state index contributed by atoms with van der Waals surface area (Å²) in [6, 6.07) is 7.42. The van der Waals surface area contributed by atoms with E-state index >= 15 is 0 Å². The molecule has 0 radical (unpaired) electrons. The fourth-order valence-corrected chi connectivity index (χ4v) is 2.62. The third-order valence-corrected chi connectivity index (χ3v) is 4.28. The van der Waals surface area contributed by atoms with Gasteiger partial charge in [-0.1, -0.05) is 13.8 Å². The first-order valence-electron chi connectivity index (χ1n) is 6.66. The van der Waals surface area contributed by atoms with E-state index in [2.05, 4.69) is 31.8 Å². The smallest absolute Gasteiger partial charge is 0.251 e. The highest BCUT2D eigenvalue weighted by molar-refractivity contribution is 7.80. The number of carbonyl (C=O) groups is 1. The minimum Gasteiger partial charge on any atom is -0.378 e. The van der Waals surface area contributed by atoms with Crippen LogP contribution >= 0.6 is 12.6 Å². The van der Waals surface area contributed by atoms with Crippen molar-refractivity contribution in [2.45, 2.75) is 44.2 Å². The van der Waals surface area contributed by atoms with Crippen LogP contribution in [0.15, 0.2) is 29.2 Å². The third-order valence-electron chi connectivity index (χ3n) is 3.98. The van der Waals surface area contributed by atoms with E-state index in [1.165, 1.54) is 0 Å². The van der Waals surface area contributed by atoms with Crippen molar-refractivity contribution >= 4 is 18.5 Å². The Morgan fingerprint density at radius 1 is 1.42 bits per heavy atom. The Hall–Kier alpha value is -1.00. The second-order valence-corrected chi connectivity index (χ2v) is 6.09. The Morgan fingerprint density at radius 3 is 2.58 bits per heavy atom. The van der Waals surface area contributed by atoms with E-state index in [0.29, 0.717) is 5.56 Å². The number of carbonyl (C=O) groups excluding carboxylic acids is 1. The van der Waals surface area contributed by atoms with Crippen LogP contribution in [0.2, 0.25) is 0 Å². The predicted molar refractivity (Wildman–Crippen MR) is 78.8 cm³/mol. The Bertz CT molecular complexity index is 456. The Morgan fingerprint density at radius 2 is 2.05 bits per heavy atom. The molecule has 2 atom stereocenters. The minimum atomic E-state index is -0.0265. The van der Waals surface area contributed by atoms with Crippen LogP contribution in [-0.2, 0) is 4.74 Å². The highest BCUT2D eigenvalue weighted by Gasteiger charge is 2.49. The van der Waals surface area contributed by atoms with Crippen LogP contribution in [-0.4, -0.2) is 24.7 Å². The Balaban J connectivity index is 1.96. The van der Waals surface area contributed by atoms with E-state index in [1.807, 2.05) is 19.1 Å². The number of rotatable bonds is 4. The van der Waals surface area contributed by atoms with Crippen molar-refractivity contribution in [2.24, 2.45) is 5.41 Å². The standard InChI is InChI=1S/C15H21NO2S/c1-4-18-13-9-12(15(13,2)3)16-14(17)10-5-7-11(19)8-6-10/h5-8,12-13,19H,4,9H2,1-3H3,(H,16,17). The monoisotopic (exact) mass is 279 g/mol. The van der Waals surface area contributed by atoms with E-state index in [9.17, 15) is 4.79 Å². The van der Waals surface area contributed by atoms with Gasteiger partial charge in [-0.05, 0) is 37.6 Å². The zero-order chi connectivity index (χ0) is 14.0. The van der Waals surface area contributed by atoms with Crippen LogP contribution in [0.4, 0.5) is 0 Å². The van der Waals surface area contributed by atoms with Crippen molar-refractivity contribution < 1.29 is 9.53 Å². The van der Waals surface area contributed by atoms with Gasteiger partial charge in [0.1, 0.15) is 0 Å². The lowest BCUT2D eigenvalue weighted by atomic mass is 9.64. The van der Waals surface area contributed by atoms with Crippen LogP contribution in [0.5, 0.6) is 0 Å². The van der Waals surface area contributed by atoms with Crippen LogP contribution in [0.3, 0.4) is 0 Å². The lowest BCUT2D eigenvalue weighted by molar-refractivity contribution is -0.111. The summed E-state index contributed by atoms with van der Waals surface area (Å²) in [4.78, 5) is 13.0. The van der Waals surface area contributed by atoms with Crippen LogP contribution < -0.4 is 5.32 Å². The first kappa shape index (κ1) is 14.4. The molecule has 1 aliphatic carbocycles. The van der Waals surface area contributed by atoms with Crippen molar-refractivity contribution in [3.05, 3.63) is 29.8 Å². The third kappa shape index (κ3) is 2.95. The highest BCUT2D eigenvalue weighted by Crippen LogP contribution is 2.42. The normalized spacial score (nSPS) is 24.6. The fraction of sp³-hybridized carbons (Fsp3) is 0.533. The number of hydrogen-bond acceptors (Lipinski definition) is 3. The van der Waals surface area contributed by atoms with E-state index in [0.717, 1.165) is 17.9 Å². The van der Waals surface area contributed by atoms with Gasteiger partial charge in [-0.25, -0.2) is 0 Å². The SMILES string of the molecule is CCOC1CC(NC(=O)c2ccc(S)cc2)C1(C)C. The van der Waals surface area contributed by atoms with Gasteiger partial charge in [0.2, 0.25) is 0 Å². The van der Waals surface area contributed by atoms with E-state index in [4.69, 9.17) is 4.74 Å². The zero-order valence-electron chi connectivity index (χ0n) is 11.6. The molecule has 2 rings (SSSR count). The maximum Gasteiger partial charge on any atom is 0.251 e. The summed E-state index contributed by atoms with van der Waals surface area (Å²) in [6.07, 6.45) is 1.12. The minimum absolute atomic E-state index is 0.00480. The average Bonchev–Trinajstić information content (AvgIpc) is 2.38. The number of ether oxygens (including phenoxy) is 1. The highest BCUT2D eigenvalue weighted by atomic mass is 32.1. The van der Waals surface area contributed by atoms with Crippen molar-refractivity contribution in [3.8, 4) is 0 Å². The number of amides is 1. The van der Waals surface area contributed by atoms with Gasteiger partial charge < -0.3 is 10.1 Å². The summed E-state index contributed by atoms with van der Waals surface area (Å²) in [6.45, 7) is 7.00. The molecule has 1 fully saturated rings. The van der Waals surface area contributed by atoms with Gasteiger partial charge in [0.25, 0.3) is 5.91 Å². The van der Waals surface area contributed by atoms with Gasteiger partial charge in [0, 0.05) is 28.5 Å². The summed E-state index contributed by atoms with van der Waals surface area (Å²) in [5.74, 6) is -0.0265. The molecule has 1 aromatic rings. The van der Waals surface area contributed by atoms with Crippen LogP contribution in [0.25, 0.3) is 0 Å². The summed E-state index contributed by atoms with van der Waals surface area (Å²) in [7, 11) is 0. The molecule has 0 saturated heterocycles. The molecule has 2 unspecified atom stereocenters. The van der Waals surface area contributed by atoms with Gasteiger partial charge in [-0.3, -0.25) is 4.79 Å². The van der Waals surface area contributed by atoms with Crippen molar-refractivity contribution in [1.29, 1.82) is 0 Å². The summed E-state index contributed by atoms with van der Waals surface area (Å²) < 4.78 is 5.66. The molecule has 0 bridgehead atoms. The molecule has 1 N–H and O–H groups in total. The average molecular weight is 279 g/mol. The van der Waals surface area contributed by atoms with E-state index in [-0.39, 0.29) is 23.5 Å². The second-order valence-electron chi connectivity index (χ2n) is 5.57. The lowest BCUT2D eigenvalue weighted by Gasteiger charge is -2.51. The van der Waals surface area contributed by atoms with Crippen molar-refractivity contribution in [2.75, 3.05) is 6.61 Å². The molecule has 1 aromatic carbocycles. The molecule has 3 nitrogen and oxygen atoms in total. The van der Waals surface area contributed by atoms with E-state index in [1.54, 1.807) is 12.1 Å². The van der Waals surface area contributed by atoms with Gasteiger partial charge in [0.15, 0.2) is 0 Å². The van der Waals surface area contributed by atoms with Crippen LogP contribution in [0.1, 0.15) is 37.6 Å². The summed E-state index contributed by atoms with van der Waals surface area (Å²) in [5, 5.41) is 3.09. The molecule has 1 aliphatic rings. The lowest BCUT2D eigenvalue weighted by Crippen LogP contribution is -2.62. The molecule has 19 heavy (non-hydrogen) atoms. The molecular formula is C15H21NO2S. The number of benzene rings is 1. The summed E-state index contributed by atoms with van der Waals surface area (Å²) in [5.41, 5.74) is 0.670. The van der Waals surface area contributed by atoms with Crippen LogP contribution in [0, 0.1) is 5.41 Å². The van der Waals surface area contributed by atoms with Gasteiger partial charge >= 0.3 is 0 Å². The maximum atomic E-state index is 12.1. The fourth-order valence-electron chi connectivity index (χ4n) is 2.47. The molecular weight excluding hydrogens is 258 g/mol. The molecule has 0 heterocycles. The molecule has 4 heteroatoms. The van der Waals surface area contributed by atoms with E-state index < -0.39 is 0 Å². The van der Waals surface area contributed by atoms with Crippen molar-refractivity contribution in [3.63, 3.8) is 0 Å². The van der Waals surface area contributed by atoms with Gasteiger partial charge in [-0.2, -0.15) is 0 Å². The number of hydrogen-bond donors (Lipinski definition) is 2. The zero-order valence-corrected chi connectivity index (χ0v) is 12.5.